The standard InChI is InChI=1S/C19H20N6O7/c20-24-22-7-9-31-8-6-21-15(27)10-32-13-3-1-2-11-16(13)19(30)25(18(11)29)12-4-5-14(26)23-17(12)28/h1-3,12H,4-10H2,(H,21,27)(H,23,26,28). The summed E-state index contributed by atoms with van der Waals surface area (Å²) < 4.78 is 10.6. The van der Waals surface area contributed by atoms with Gasteiger partial charge in [-0.2, -0.15) is 0 Å². The number of amides is 5. The third-order valence-electron chi connectivity index (χ3n) is 4.76. The smallest absolute Gasteiger partial charge is 0.266 e. The monoisotopic (exact) mass is 444 g/mol. The average Bonchev–Trinajstić information content (AvgIpc) is 3.02. The van der Waals surface area contributed by atoms with Gasteiger partial charge in [-0.1, -0.05) is 11.2 Å². The minimum Gasteiger partial charge on any atom is -0.483 e. The molecule has 0 bridgehead atoms. The summed E-state index contributed by atoms with van der Waals surface area (Å²) in [6, 6.07) is 3.30. The molecule has 0 spiro atoms. The van der Waals surface area contributed by atoms with E-state index < -0.39 is 42.2 Å². The summed E-state index contributed by atoms with van der Waals surface area (Å²) in [4.78, 5) is 64.6. The van der Waals surface area contributed by atoms with Gasteiger partial charge in [0.2, 0.25) is 11.8 Å². The van der Waals surface area contributed by atoms with Gasteiger partial charge < -0.3 is 14.8 Å². The van der Waals surface area contributed by atoms with Crippen molar-refractivity contribution in [3.8, 4) is 5.75 Å². The number of azide groups is 1. The second-order valence-electron chi connectivity index (χ2n) is 6.83. The fourth-order valence-corrected chi connectivity index (χ4v) is 3.31. The van der Waals surface area contributed by atoms with Crippen molar-refractivity contribution in [3.05, 3.63) is 39.8 Å². The molecule has 0 aliphatic carbocycles. The van der Waals surface area contributed by atoms with Crippen LogP contribution in [0.15, 0.2) is 23.3 Å². The molecule has 3 rings (SSSR count). The third kappa shape index (κ3) is 5.02. The van der Waals surface area contributed by atoms with Gasteiger partial charge in [0.05, 0.1) is 24.3 Å². The van der Waals surface area contributed by atoms with Crippen molar-refractivity contribution in [2.45, 2.75) is 18.9 Å². The molecule has 1 fully saturated rings. The minimum absolute atomic E-state index is 0.0165. The lowest BCUT2D eigenvalue weighted by Crippen LogP contribution is -2.54. The van der Waals surface area contributed by atoms with Gasteiger partial charge in [-0.3, -0.25) is 34.2 Å². The van der Waals surface area contributed by atoms with E-state index in [9.17, 15) is 24.0 Å². The largest absolute Gasteiger partial charge is 0.483 e. The van der Waals surface area contributed by atoms with Gasteiger partial charge in [-0.05, 0) is 24.1 Å². The average molecular weight is 444 g/mol. The normalized spacial score (nSPS) is 17.5. The second kappa shape index (κ2) is 10.4. The summed E-state index contributed by atoms with van der Waals surface area (Å²) in [5, 5.41) is 8.00. The molecular weight excluding hydrogens is 424 g/mol. The van der Waals surface area contributed by atoms with E-state index in [2.05, 4.69) is 20.7 Å². The van der Waals surface area contributed by atoms with Crippen LogP contribution in [0.2, 0.25) is 0 Å². The molecule has 1 unspecified atom stereocenters. The first-order valence-corrected chi connectivity index (χ1v) is 9.76. The van der Waals surface area contributed by atoms with Crippen molar-refractivity contribution in [2.24, 2.45) is 5.11 Å². The molecule has 1 aromatic rings. The Hall–Kier alpha value is -3.96. The van der Waals surface area contributed by atoms with Gasteiger partial charge in [0.25, 0.3) is 17.7 Å². The summed E-state index contributed by atoms with van der Waals surface area (Å²) in [5.74, 6) is -2.98. The van der Waals surface area contributed by atoms with E-state index in [0.29, 0.717) is 0 Å². The molecule has 2 aliphatic rings. The zero-order valence-electron chi connectivity index (χ0n) is 16.9. The van der Waals surface area contributed by atoms with Crippen LogP contribution in [0.25, 0.3) is 10.4 Å². The first-order chi connectivity index (χ1) is 15.4. The zero-order chi connectivity index (χ0) is 23.1. The summed E-state index contributed by atoms with van der Waals surface area (Å²) in [5.41, 5.74) is 8.18. The van der Waals surface area contributed by atoms with Crippen molar-refractivity contribution < 1.29 is 33.4 Å². The number of nitrogens with one attached hydrogen (secondary N) is 2. The maximum Gasteiger partial charge on any atom is 0.266 e. The van der Waals surface area contributed by atoms with E-state index in [1.54, 1.807) is 0 Å². The number of hydrogen-bond donors (Lipinski definition) is 2. The van der Waals surface area contributed by atoms with Crippen LogP contribution in [-0.4, -0.2) is 73.4 Å². The highest BCUT2D eigenvalue weighted by atomic mass is 16.5. The SMILES string of the molecule is [N-]=[N+]=NCCOCCNC(=O)COc1cccc2c1C(=O)N(C1CCC(=O)NC1=O)C2=O. The Morgan fingerprint density at radius 2 is 2.06 bits per heavy atom. The Labute approximate surface area is 181 Å². The lowest BCUT2D eigenvalue weighted by atomic mass is 10.0. The molecule has 1 aromatic carbocycles. The van der Waals surface area contributed by atoms with Crippen molar-refractivity contribution >= 4 is 29.5 Å². The fourth-order valence-electron chi connectivity index (χ4n) is 3.31. The highest BCUT2D eigenvalue weighted by Gasteiger charge is 2.46. The molecular formula is C19H20N6O7. The van der Waals surface area contributed by atoms with Gasteiger partial charge >= 0.3 is 0 Å². The molecule has 2 heterocycles. The van der Waals surface area contributed by atoms with Crippen molar-refractivity contribution in [3.63, 3.8) is 0 Å². The summed E-state index contributed by atoms with van der Waals surface area (Å²) in [7, 11) is 0. The van der Waals surface area contributed by atoms with E-state index >= 15 is 0 Å². The van der Waals surface area contributed by atoms with E-state index in [4.69, 9.17) is 15.0 Å². The summed E-state index contributed by atoms with van der Waals surface area (Å²) >= 11 is 0. The van der Waals surface area contributed by atoms with Crippen LogP contribution in [0, 0.1) is 0 Å². The molecule has 2 N–H and O–H groups in total. The number of fused-ring (bicyclic) bond motifs is 1. The van der Waals surface area contributed by atoms with Gasteiger partial charge in [-0.25, -0.2) is 0 Å². The molecule has 168 valence electrons. The second-order valence-corrected chi connectivity index (χ2v) is 6.83. The van der Waals surface area contributed by atoms with E-state index in [1.807, 2.05) is 0 Å². The highest BCUT2D eigenvalue weighted by molar-refractivity contribution is 6.24. The maximum absolute atomic E-state index is 12.9. The number of rotatable bonds is 10. The molecule has 0 aromatic heterocycles. The van der Waals surface area contributed by atoms with Crippen molar-refractivity contribution in [2.75, 3.05) is 32.9 Å². The van der Waals surface area contributed by atoms with Gasteiger partial charge in [0.15, 0.2) is 6.61 Å². The summed E-state index contributed by atoms with van der Waals surface area (Å²) in [6.07, 6.45) is 0.0578. The third-order valence-corrected chi connectivity index (χ3v) is 4.76. The lowest BCUT2D eigenvalue weighted by Gasteiger charge is -2.27. The predicted molar refractivity (Wildman–Crippen MR) is 106 cm³/mol. The number of hydrogen-bond acceptors (Lipinski definition) is 8. The Bertz CT molecular complexity index is 1000. The zero-order valence-corrected chi connectivity index (χ0v) is 16.9. The van der Waals surface area contributed by atoms with Crippen LogP contribution in [0.3, 0.4) is 0 Å². The van der Waals surface area contributed by atoms with Gasteiger partial charge in [0, 0.05) is 24.4 Å². The molecule has 13 heteroatoms. The molecule has 0 saturated carbocycles. The molecule has 1 atom stereocenters. The Morgan fingerprint density at radius 1 is 1.25 bits per heavy atom. The van der Waals surface area contributed by atoms with Crippen LogP contribution in [0.1, 0.15) is 33.6 Å². The van der Waals surface area contributed by atoms with E-state index in [1.165, 1.54) is 18.2 Å². The Balaban J connectivity index is 1.58. The quantitative estimate of drug-likeness (QED) is 0.166. The minimum atomic E-state index is -1.09. The number of carbonyl (C=O) groups excluding carboxylic acids is 5. The van der Waals surface area contributed by atoms with Crippen molar-refractivity contribution in [1.82, 2.24) is 15.5 Å². The van der Waals surface area contributed by atoms with Crippen LogP contribution in [-0.2, 0) is 19.1 Å². The van der Waals surface area contributed by atoms with Gasteiger partial charge in [0.1, 0.15) is 11.8 Å². The maximum atomic E-state index is 12.9. The van der Waals surface area contributed by atoms with E-state index in [0.717, 1.165) is 4.90 Å². The lowest BCUT2D eigenvalue weighted by molar-refractivity contribution is -0.136. The number of piperidine rings is 1. The number of nitrogens with zero attached hydrogens (tertiary/aromatic N) is 4. The number of imide groups is 2. The Morgan fingerprint density at radius 3 is 2.81 bits per heavy atom. The topological polar surface area (TPSA) is 180 Å². The van der Waals surface area contributed by atoms with Crippen LogP contribution >= 0.6 is 0 Å². The predicted octanol–water partition coefficient (Wildman–Crippen LogP) is -0.0903. The number of benzene rings is 1. The molecule has 1 saturated heterocycles. The molecule has 0 radical (unpaired) electrons. The van der Waals surface area contributed by atoms with Crippen LogP contribution < -0.4 is 15.4 Å². The Kier molecular flexibility index (Phi) is 7.37. The highest BCUT2D eigenvalue weighted by Crippen LogP contribution is 2.33. The molecule has 2 aliphatic heterocycles. The molecule has 13 nitrogen and oxygen atoms in total. The van der Waals surface area contributed by atoms with Gasteiger partial charge in [-0.15, -0.1) is 0 Å². The number of ether oxygens (including phenoxy) is 2. The van der Waals surface area contributed by atoms with Crippen molar-refractivity contribution in [1.29, 1.82) is 0 Å². The van der Waals surface area contributed by atoms with E-state index in [-0.39, 0.29) is 56.0 Å². The fraction of sp³-hybridized carbons (Fsp3) is 0.421. The first kappa shape index (κ1) is 22.7. The molecule has 5 amide bonds. The summed E-state index contributed by atoms with van der Waals surface area (Å²) in [6.45, 7) is 0.421. The molecule has 32 heavy (non-hydrogen) atoms. The first-order valence-electron chi connectivity index (χ1n) is 9.76. The number of carbonyl (C=O) groups is 5. The van der Waals surface area contributed by atoms with Crippen LogP contribution in [0.4, 0.5) is 0 Å². The van der Waals surface area contributed by atoms with Crippen LogP contribution in [0.5, 0.6) is 5.75 Å².